The lowest BCUT2D eigenvalue weighted by Gasteiger charge is -2.40. The minimum absolute atomic E-state index is 0.00308. The third kappa shape index (κ3) is 6.30. The second-order valence-corrected chi connectivity index (χ2v) is 8.27. The fourth-order valence-corrected chi connectivity index (χ4v) is 4.20. The molecule has 170 valence electrons. The van der Waals surface area contributed by atoms with Crippen molar-refractivity contribution >= 4 is 11.9 Å². The summed E-state index contributed by atoms with van der Waals surface area (Å²) in [5.41, 5.74) is 2.63. The van der Waals surface area contributed by atoms with Crippen molar-refractivity contribution in [3.05, 3.63) is 108 Å². The number of likely N-dealkylation sites (tertiary alicyclic amines) is 1. The van der Waals surface area contributed by atoms with Crippen molar-refractivity contribution in [2.24, 2.45) is 0 Å². The molecule has 5 nitrogen and oxygen atoms in total. The molecule has 1 heterocycles. The Balaban J connectivity index is 1.48. The summed E-state index contributed by atoms with van der Waals surface area (Å²) in [6, 6.07) is 28.4. The summed E-state index contributed by atoms with van der Waals surface area (Å²) in [7, 11) is 0. The van der Waals surface area contributed by atoms with Gasteiger partial charge in [0, 0.05) is 18.5 Å². The summed E-state index contributed by atoms with van der Waals surface area (Å²) in [5, 5.41) is 0. The number of piperidine rings is 1. The van der Waals surface area contributed by atoms with Gasteiger partial charge in [0.25, 0.3) is 0 Å². The van der Waals surface area contributed by atoms with E-state index in [1.807, 2.05) is 91.0 Å². The molecule has 0 aliphatic carbocycles. The summed E-state index contributed by atoms with van der Waals surface area (Å²) in [5.74, 6) is -0.00308. The van der Waals surface area contributed by atoms with Gasteiger partial charge in [-0.2, -0.15) is 0 Å². The minimum Gasteiger partial charge on any atom is -0.445 e. The second kappa shape index (κ2) is 11.4. The zero-order valence-corrected chi connectivity index (χ0v) is 18.6. The maximum absolute atomic E-state index is 13.1. The van der Waals surface area contributed by atoms with E-state index in [0.29, 0.717) is 18.7 Å². The van der Waals surface area contributed by atoms with Crippen LogP contribution in [-0.2, 0) is 22.7 Å². The van der Waals surface area contributed by atoms with Crippen LogP contribution in [0.15, 0.2) is 91.0 Å². The molecule has 0 bridgehead atoms. The van der Waals surface area contributed by atoms with E-state index in [-0.39, 0.29) is 31.0 Å². The molecule has 1 saturated heterocycles. The highest BCUT2D eigenvalue weighted by Gasteiger charge is 2.37. The fraction of sp³-hybridized carbons (Fsp3) is 0.286. The predicted molar refractivity (Wildman–Crippen MR) is 127 cm³/mol. The molecule has 2 atom stereocenters. The Morgan fingerprint density at radius 2 is 1.36 bits per heavy atom. The van der Waals surface area contributed by atoms with E-state index >= 15 is 0 Å². The van der Waals surface area contributed by atoms with Gasteiger partial charge in [-0.15, -0.1) is 0 Å². The number of rotatable bonds is 8. The van der Waals surface area contributed by atoms with Crippen molar-refractivity contribution < 1.29 is 19.1 Å². The first kappa shape index (κ1) is 22.7. The quantitative estimate of drug-likeness (QED) is 0.423. The molecule has 1 fully saturated rings. The number of nitrogens with zero attached hydrogens (tertiary/aromatic N) is 1. The Bertz CT molecular complexity index is 1020. The zero-order valence-electron chi connectivity index (χ0n) is 18.6. The summed E-state index contributed by atoms with van der Waals surface area (Å²) in [6.45, 7) is 1.19. The van der Waals surface area contributed by atoms with Gasteiger partial charge in [-0.25, -0.2) is 4.79 Å². The molecular formula is C28H29NO4. The predicted octanol–water partition coefficient (Wildman–Crippen LogP) is 5.65. The summed E-state index contributed by atoms with van der Waals surface area (Å²) in [4.78, 5) is 27.8. The average Bonchev–Trinajstić information content (AvgIpc) is 2.88. The SMILES string of the molecule is O=C(C[C@H]1[C@H](OCc2ccccc2)CCCN1C(=O)OCc1ccccc1)c1ccccc1. The lowest BCUT2D eigenvalue weighted by molar-refractivity contribution is -0.0486. The second-order valence-electron chi connectivity index (χ2n) is 8.27. The number of amides is 1. The number of ketones is 1. The molecule has 0 N–H and O–H groups in total. The van der Waals surface area contributed by atoms with Gasteiger partial charge in [0.15, 0.2) is 5.78 Å². The van der Waals surface area contributed by atoms with Crippen molar-refractivity contribution in [3.63, 3.8) is 0 Å². The number of carbonyl (C=O) groups excluding carboxylic acids is 2. The molecule has 1 aliphatic heterocycles. The lowest BCUT2D eigenvalue weighted by atomic mass is 9.92. The highest BCUT2D eigenvalue weighted by atomic mass is 16.6. The largest absolute Gasteiger partial charge is 0.445 e. The molecule has 5 heteroatoms. The maximum Gasteiger partial charge on any atom is 0.410 e. The summed E-state index contributed by atoms with van der Waals surface area (Å²) >= 11 is 0. The number of hydrogen-bond donors (Lipinski definition) is 0. The molecule has 33 heavy (non-hydrogen) atoms. The number of ether oxygens (including phenoxy) is 2. The van der Waals surface area contributed by atoms with Crippen molar-refractivity contribution in [3.8, 4) is 0 Å². The fourth-order valence-electron chi connectivity index (χ4n) is 4.20. The van der Waals surface area contributed by atoms with Crippen LogP contribution in [0, 0.1) is 0 Å². The molecule has 0 saturated carbocycles. The van der Waals surface area contributed by atoms with E-state index < -0.39 is 6.09 Å². The Labute approximate surface area is 194 Å². The Kier molecular flexibility index (Phi) is 7.88. The van der Waals surface area contributed by atoms with Crippen LogP contribution in [-0.4, -0.2) is 35.5 Å². The molecule has 3 aromatic carbocycles. The van der Waals surface area contributed by atoms with Gasteiger partial charge < -0.3 is 14.4 Å². The van der Waals surface area contributed by atoms with E-state index in [2.05, 4.69) is 0 Å². The first-order valence-electron chi connectivity index (χ1n) is 11.4. The Morgan fingerprint density at radius 3 is 2.00 bits per heavy atom. The van der Waals surface area contributed by atoms with Gasteiger partial charge in [-0.05, 0) is 24.0 Å². The highest BCUT2D eigenvalue weighted by molar-refractivity contribution is 5.96. The number of Topliss-reactive ketones (excluding diaryl/α,β-unsaturated/α-hetero) is 1. The topological polar surface area (TPSA) is 55.8 Å². The molecule has 0 aromatic heterocycles. The maximum atomic E-state index is 13.1. The van der Waals surface area contributed by atoms with Crippen molar-refractivity contribution in [2.75, 3.05) is 6.54 Å². The van der Waals surface area contributed by atoms with Gasteiger partial charge in [0.1, 0.15) is 6.61 Å². The molecule has 1 amide bonds. The van der Waals surface area contributed by atoms with Gasteiger partial charge in [-0.1, -0.05) is 91.0 Å². The van der Waals surface area contributed by atoms with Gasteiger partial charge >= 0.3 is 6.09 Å². The molecule has 3 aromatic rings. The van der Waals surface area contributed by atoms with Crippen LogP contribution in [0.5, 0.6) is 0 Å². The smallest absolute Gasteiger partial charge is 0.410 e. The molecule has 1 aliphatic rings. The van der Waals surface area contributed by atoms with E-state index in [4.69, 9.17) is 9.47 Å². The van der Waals surface area contributed by atoms with Crippen molar-refractivity contribution in [2.45, 2.75) is 44.6 Å². The van der Waals surface area contributed by atoms with Gasteiger partial charge in [0.05, 0.1) is 18.8 Å². The normalized spacial score (nSPS) is 18.0. The Morgan fingerprint density at radius 1 is 0.788 bits per heavy atom. The van der Waals surface area contributed by atoms with Crippen LogP contribution in [0.2, 0.25) is 0 Å². The molecule has 0 spiro atoms. The monoisotopic (exact) mass is 443 g/mol. The molecule has 0 unspecified atom stereocenters. The number of hydrogen-bond acceptors (Lipinski definition) is 4. The first-order valence-corrected chi connectivity index (χ1v) is 11.4. The van der Waals surface area contributed by atoms with E-state index in [9.17, 15) is 9.59 Å². The standard InChI is InChI=1S/C28H29NO4/c30-26(24-15-8-3-9-16-24)19-25-27(32-20-22-11-4-1-5-12-22)17-10-18-29(25)28(31)33-21-23-13-6-2-7-14-23/h1-9,11-16,25,27H,10,17-21H2/t25-,27+/m0/s1. The van der Waals surface area contributed by atoms with Gasteiger partial charge in [0.2, 0.25) is 0 Å². The minimum atomic E-state index is -0.405. The van der Waals surface area contributed by atoms with Crippen LogP contribution in [0.3, 0.4) is 0 Å². The van der Waals surface area contributed by atoms with Crippen LogP contribution < -0.4 is 0 Å². The molecular weight excluding hydrogens is 414 g/mol. The van der Waals surface area contributed by atoms with E-state index in [1.54, 1.807) is 4.90 Å². The lowest BCUT2D eigenvalue weighted by Crippen LogP contribution is -2.52. The van der Waals surface area contributed by atoms with Crippen LogP contribution in [0.4, 0.5) is 4.79 Å². The molecule has 4 rings (SSSR count). The third-order valence-electron chi connectivity index (χ3n) is 5.95. The van der Waals surface area contributed by atoms with Crippen LogP contribution in [0.25, 0.3) is 0 Å². The van der Waals surface area contributed by atoms with Crippen LogP contribution >= 0.6 is 0 Å². The zero-order chi connectivity index (χ0) is 22.9. The summed E-state index contributed by atoms with van der Waals surface area (Å²) in [6.07, 6.45) is 1.15. The highest BCUT2D eigenvalue weighted by Crippen LogP contribution is 2.26. The van der Waals surface area contributed by atoms with Crippen molar-refractivity contribution in [1.29, 1.82) is 0 Å². The molecule has 0 radical (unpaired) electrons. The van der Waals surface area contributed by atoms with E-state index in [0.717, 1.165) is 24.0 Å². The average molecular weight is 444 g/mol. The Hall–Kier alpha value is -3.44. The van der Waals surface area contributed by atoms with E-state index in [1.165, 1.54) is 0 Å². The first-order chi connectivity index (χ1) is 16.2. The third-order valence-corrected chi connectivity index (χ3v) is 5.95. The number of carbonyl (C=O) groups is 2. The summed E-state index contributed by atoms with van der Waals surface area (Å²) < 4.78 is 11.9. The van der Waals surface area contributed by atoms with Crippen LogP contribution in [0.1, 0.15) is 40.7 Å². The number of benzene rings is 3. The van der Waals surface area contributed by atoms with Crippen molar-refractivity contribution in [1.82, 2.24) is 4.90 Å². The van der Waals surface area contributed by atoms with Gasteiger partial charge in [-0.3, -0.25) is 4.79 Å².